The number of aromatic nitrogens is 2. The SMILES string of the molecule is COc1ccc(N2CC(C)CC(N)C2)c2nccnc12. The molecule has 2 unspecified atom stereocenters. The number of nitrogens with zero attached hydrogens (tertiary/aromatic N) is 3. The zero-order chi connectivity index (χ0) is 14.1. The molecule has 106 valence electrons. The van der Waals surface area contributed by atoms with Crippen LogP contribution < -0.4 is 15.4 Å². The molecule has 2 heterocycles. The van der Waals surface area contributed by atoms with Gasteiger partial charge in [-0.3, -0.25) is 4.98 Å². The lowest BCUT2D eigenvalue weighted by molar-refractivity contribution is 0.401. The molecule has 0 radical (unpaired) electrons. The summed E-state index contributed by atoms with van der Waals surface area (Å²) < 4.78 is 5.37. The lowest BCUT2D eigenvalue weighted by atomic mass is 9.96. The van der Waals surface area contributed by atoms with Gasteiger partial charge in [0, 0.05) is 31.5 Å². The maximum absolute atomic E-state index is 6.15. The Hall–Kier alpha value is -1.88. The number of nitrogens with two attached hydrogens (primary N) is 1. The van der Waals surface area contributed by atoms with Crippen molar-refractivity contribution in [2.24, 2.45) is 11.7 Å². The summed E-state index contributed by atoms with van der Waals surface area (Å²) in [5.74, 6) is 1.35. The van der Waals surface area contributed by atoms with Crippen LogP contribution in [0.5, 0.6) is 5.75 Å². The van der Waals surface area contributed by atoms with Crippen molar-refractivity contribution in [3.63, 3.8) is 0 Å². The van der Waals surface area contributed by atoms with Gasteiger partial charge in [-0.1, -0.05) is 6.92 Å². The summed E-state index contributed by atoms with van der Waals surface area (Å²) in [4.78, 5) is 11.2. The average molecular weight is 272 g/mol. The summed E-state index contributed by atoms with van der Waals surface area (Å²) in [6.07, 6.45) is 4.49. The van der Waals surface area contributed by atoms with E-state index in [9.17, 15) is 0 Å². The molecular formula is C15H20N4O. The Morgan fingerprint density at radius 1 is 1.20 bits per heavy atom. The van der Waals surface area contributed by atoms with E-state index in [0.717, 1.165) is 42.0 Å². The number of benzene rings is 1. The van der Waals surface area contributed by atoms with Gasteiger partial charge in [0.1, 0.15) is 16.8 Å². The number of anilines is 1. The molecule has 20 heavy (non-hydrogen) atoms. The first kappa shape index (κ1) is 13.1. The molecule has 1 fully saturated rings. The van der Waals surface area contributed by atoms with Gasteiger partial charge in [-0.25, -0.2) is 4.98 Å². The minimum Gasteiger partial charge on any atom is -0.494 e. The minimum absolute atomic E-state index is 0.215. The molecule has 5 heteroatoms. The Bertz CT molecular complexity index is 606. The molecule has 1 aliphatic heterocycles. The number of hydrogen-bond acceptors (Lipinski definition) is 5. The van der Waals surface area contributed by atoms with E-state index in [1.54, 1.807) is 19.5 Å². The van der Waals surface area contributed by atoms with Gasteiger partial charge >= 0.3 is 0 Å². The van der Waals surface area contributed by atoms with Crippen LogP contribution in [0.15, 0.2) is 24.5 Å². The Kier molecular flexibility index (Phi) is 3.44. The number of hydrogen-bond donors (Lipinski definition) is 1. The number of fused-ring (bicyclic) bond motifs is 1. The van der Waals surface area contributed by atoms with Crippen LogP contribution in [0.3, 0.4) is 0 Å². The molecule has 0 aliphatic carbocycles. The van der Waals surface area contributed by atoms with Crippen molar-refractivity contribution in [2.75, 3.05) is 25.1 Å². The quantitative estimate of drug-likeness (QED) is 0.903. The molecule has 1 aromatic heterocycles. The third kappa shape index (κ3) is 2.29. The smallest absolute Gasteiger partial charge is 0.146 e. The van der Waals surface area contributed by atoms with Crippen molar-refractivity contribution in [2.45, 2.75) is 19.4 Å². The van der Waals surface area contributed by atoms with Gasteiger partial charge in [0.15, 0.2) is 0 Å². The molecule has 2 N–H and O–H groups in total. The first-order valence-corrected chi connectivity index (χ1v) is 6.97. The molecule has 5 nitrogen and oxygen atoms in total. The van der Waals surface area contributed by atoms with Crippen LogP contribution in [0.4, 0.5) is 5.69 Å². The predicted octanol–water partition coefficient (Wildman–Crippen LogP) is 1.81. The van der Waals surface area contributed by atoms with E-state index in [-0.39, 0.29) is 6.04 Å². The molecule has 0 amide bonds. The van der Waals surface area contributed by atoms with Gasteiger partial charge in [0.2, 0.25) is 0 Å². The van der Waals surface area contributed by atoms with E-state index in [2.05, 4.69) is 27.9 Å². The van der Waals surface area contributed by atoms with Gasteiger partial charge in [0.05, 0.1) is 12.8 Å². The predicted molar refractivity (Wildman–Crippen MR) is 80.1 cm³/mol. The highest BCUT2D eigenvalue weighted by atomic mass is 16.5. The van der Waals surface area contributed by atoms with Crippen LogP contribution >= 0.6 is 0 Å². The highest BCUT2D eigenvalue weighted by molar-refractivity contribution is 5.92. The molecule has 2 atom stereocenters. The maximum atomic E-state index is 6.15. The summed E-state index contributed by atoms with van der Waals surface area (Å²) in [6.45, 7) is 4.11. The molecule has 1 saturated heterocycles. The van der Waals surface area contributed by atoms with E-state index in [0.29, 0.717) is 5.92 Å². The Balaban J connectivity index is 2.08. The molecular weight excluding hydrogens is 252 g/mol. The average Bonchev–Trinajstić information content (AvgIpc) is 2.45. The Morgan fingerprint density at radius 3 is 2.65 bits per heavy atom. The van der Waals surface area contributed by atoms with Crippen LogP contribution in [0.1, 0.15) is 13.3 Å². The van der Waals surface area contributed by atoms with E-state index >= 15 is 0 Å². The monoisotopic (exact) mass is 272 g/mol. The molecule has 1 aliphatic rings. The third-order valence-electron chi connectivity index (χ3n) is 3.82. The second-order valence-corrected chi connectivity index (χ2v) is 5.55. The fourth-order valence-electron chi connectivity index (χ4n) is 3.03. The fourth-order valence-corrected chi connectivity index (χ4v) is 3.03. The Morgan fingerprint density at radius 2 is 1.95 bits per heavy atom. The van der Waals surface area contributed by atoms with Crippen molar-refractivity contribution in [3.05, 3.63) is 24.5 Å². The van der Waals surface area contributed by atoms with Crippen LogP contribution in [0.25, 0.3) is 11.0 Å². The lowest BCUT2D eigenvalue weighted by Gasteiger charge is -2.36. The van der Waals surface area contributed by atoms with Crippen LogP contribution in [0, 0.1) is 5.92 Å². The topological polar surface area (TPSA) is 64.3 Å². The fraction of sp³-hybridized carbons (Fsp3) is 0.467. The summed E-state index contributed by atoms with van der Waals surface area (Å²) in [5, 5.41) is 0. The largest absolute Gasteiger partial charge is 0.494 e. The number of ether oxygens (including phenoxy) is 1. The van der Waals surface area contributed by atoms with E-state index in [1.807, 2.05) is 6.07 Å². The minimum atomic E-state index is 0.215. The number of rotatable bonds is 2. The van der Waals surface area contributed by atoms with Gasteiger partial charge in [-0.15, -0.1) is 0 Å². The van der Waals surface area contributed by atoms with Gasteiger partial charge < -0.3 is 15.4 Å². The highest BCUT2D eigenvalue weighted by Gasteiger charge is 2.24. The highest BCUT2D eigenvalue weighted by Crippen LogP contribution is 2.32. The summed E-state index contributed by atoms with van der Waals surface area (Å²) in [7, 11) is 1.65. The molecule has 0 saturated carbocycles. The molecule has 0 spiro atoms. The first-order chi connectivity index (χ1) is 9.69. The van der Waals surface area contributed by atoms with Crippen molar-refractivity contribution < 1.29 is 4.74 Å². The first-order valence-electron chi connectivity index (χ1n) is 6.97. The number of methoxy groups -OCH3 is 1. The summed E-state index contributed by atoms with van der Waals surface area (Å²) >= 11 is 0. The van der Waals surface area contributed by atoms with Gasteiger partial charge in [-0.05, 0) is 24.5 Å². The number of piperidine rings is 1. The van der Waals surface area contributed by atoms with Crippen LogP contribution in [-0.4, -0.2) is 36.2 Å². The zero-order valence-corrected chi connectivity index (χ0v) is 11.9. The van der Waals surface area contributed by atoms with Crippen molar-refractivity contribution in [1.82, 2.24) is 9.97 Å². The second-order valence-electron chi connectivity index (χ2n) is 5.55. The molecule has 0 bridgehead atoms. The van der Waals surface area contributed by atoms with Crippen molar-refractivity contribution >= 4 is 16.7 Å². The second kappa shape index (κ2) is 5.25. The molecule has 3 rings (SSSR count). The van der Waals surface area contributed by atoms with Crippen LogP contribution in [-0.2, 0) is 0 Å². The summed E-state index contributed by atoms with van der Waals surface area (Å²) in [5.41, 5.74) is 8.93. The summed E-state index contributed by atoms with van der Waals surface area (Å²) in [6, 6.07) is 4.23. The molecule has 1 aromatic carbocycles. The third-order valence-corrected chi connectivity index (χ3v) is 3.82. The lowest BCUT2D eigenvalue weighted by Crippen LogP contribution is -2.46. The van der Waals surface area contributed by atoms with Gasteiger partial charge in [-0.2, -0.15) is 0 Å². The van der Waals surface area contributed by atoms with E-state index in [1.165, 1.54) is 0 Å². The van der Waals surface area contributed by atoms with Gasteiger partial charge in [0.25, 0.3) is 0 Å². The zero-order valence-electron chi connectivity index (χ0n) is 11.9. The molecule has 2 aromatic rings. The maximum Gasteiger partial charge on any atom is 0.146 e. The van der Waals surface area contributed by atoms with E-state index in [4.69, 9.17) is 10.5 Å². The normalized spacial score (nSPS) is 23.1. The van der Waals surface area contributed by atoms with Crippen molar-refractivity contribution in [1.29, 1.82) is 0 Å². The standard InChI is InChI=1S/C15H20N4O/c1-10-7-11(16)9-19(8-10)12-3-4-13(20-2)15-14(12)17-5-6-18-15/h3-6,10-11H,7-9,16H2,1-2H3. The Labute approximate surface area is 118 Å². The van der Waals surface area contributed by atoms with E-state index < -0.39 is 0 Å². The van der Waals surface area contributed by atoms with Crippen molar-refractivity contribution in [3.8, 4) is 5.75 Å². The van der Waals surface area contributed by atoms with Crippen LogP contribution in [0.2, 0.25) is 0 Å².